The molecule has 3 rings (SSSR count). The third kappa shape index (κ3) is 4.80. The van der Waals surface area contributed by atoms with E-state index in [1.165, 1.54) is 11.1 Å². The fourth-order valence-electron chi connectivity index (χ4n) is 3.69. The lowest BCUT2D eigenvalue weighted by atomic mass is 10.1. The summed E-state index contributed by atoms with van der Waals surface area (Å²) in [6, 6.07) is 5.93. The molecule has 6 heteroatoms. The molecule has 1 saturated heterocycles. The maximum absolute atomic E-state index is 12.2. The fraction of sp³-hybridized carbons (Fsp3) is 0.579. The number of hydrogen-bond donors (Lipinski definition) is 2. The van der Waals surface area contributed by atoms with Gasteiger partial charge < -0.3 is 15.4 Å². The summed E-state index contributed by atoms with van der Waals surface area (Å²) < 4.78 is 5.10. The van der Waals surface area contributed by atoms with Gasteiger partial charge in [-0.15, -0.1) is 0 Å². The molecule has 1 aliphatic heterocycles. The molecule has 6 nitrogen and oxygen atoms in total. The van der Waals surface area contributed by atoms with Gasteiger partial charge in [0, 0.05) is 31.9 Å². The largest absolute Gasteiger partial charge is 0.383 e. The number of nitrogens with one attached hydrogen (secondary N) is 2. The molecule has 2 N–H and O–H groups in total. The second-order valence-electron chi connectivity index (χ2n) is 6.90. The molecular weight excluding hydrogens is 318 g/mol. The molecule has 1 aromatic carbocycles. The van der Waals surface area contributed by atoms with Crippen LogP contribution in [0.5, 0.6) is 0 Å². The number of aryl methyl sites for hydroxylation is 2. The minimum absolute atomic E-state index is 0.0175. The van der Waals surface area contributed by atoms with E-state index in [0.717, 1.165) is 51.7 Å². The molecule has 0 aromatic heterocycles. The van der Waals surface area contributed by atoms with Crippen molar-refractivity contribution >= 4 is 17.5 Å². The summed E-state index contributed by atoms with van der Waals surface area (Å²) in [5.74, 6) is -1.15. The third-order valence-electron chi connectivity index (χ3n) is 5.01. The van der Waals surface area contributed by atoms with Crippen LogP contribution in [0.25, 0.3) is 0 Å². The van der Waals surface area contributed by atoms with Crippen LogP contribution in [0.15, 0.2) is 18.2 Å². The number of fused-ring (bicyclic) bond motifs is 1. The summed E-state index contributed by atoms with van der Waals surface area (Å²) >= 11 is 0. The van der Waals surface area contributed by atoms with Gasteiger partial charge in [-0.2, -0.15) is 0 Å². The van der Waals surface area contributed by atoms with E-state index >= 15 is 0 Å². The monoisotopic (exact) mass is 345 g/mol. The summed E-state index contributed by atoms with van der Waals surface area (Å²) in [5.41, 5.74) is 3.33. The lowest BCUT2D eigenvalue weighted by molar-refractivity contribution is -0.136. The van der Waals surface area contributed by atoms with Crippen LogP contribution >= 0.6 is 0 Å². The van der Waals surface area contributed by atoms with E-state index in [4.69, 9.17) is 4.74 Å². The van der Waals surface area contributed by atoms with Gasteiger partial charge in [0.1, 0.15) is 0 Å². The van der Waals surface area contributed by atoms with E-state index in [-0.39, 0.29) is 6.04 Å². The Kier molecular flexibility index (Phi) is 6.04. The molecular formula is C19H27N3O3. The molecule has 0 bridgehead atoms. The zero-order valence-corrected chi connectivity index (χ0v) is 14.8. The summed E-state index contributed by atoms with van der Waals surface area (Å²) in [7, 11) is 1.69. The van der Waals surface area contributed by atoms with Gasteiger partial charge in [0.2, 0.25) is 0 Å². The highest BCUT2D eigenvalue weighted by Gasteiger charge is 2.24. The Morgan fingerprint density at radius 1 is 1.20 bits per heavy atom. The molecule has 1 fully saturated rings. The summed E-state index contributed by atoms with van der Waals surface area (Å²) in [6.45, 7) is 3.31. The summed E-state index contributed by atoms with van der Waals surface area (Å²) in [6.07, 6.45) is 5.23. The number of rotatable bonds is 5. The van der Waals surface area contributed by atoms with E-state index in [0.29, 0.717) is 12.3 Å². The molecule has 1 aliphatic carbocycles. The number of benzene rings is 1. The van der Waals surface area contributed by atoms with E-state index in [1.807, 2.05) is 18.2 Å². The highest BCUT2D eigenvalue weighted by Crippen LogP contribution is 2.24. The van der Waals surface area contributed by atoms with Crippen LogP contribution in [-0.4, -0.2) is 56.1 Å². The van der Waals surface area contributed by atoms with Crippen LogP contribution in [-0.2, 0) is 27.2 Å². The molecule has 0 spiro atoms. The smallest absolute Gasteiger partial charge is 0.313 e. The molecule has 0 radical (unpaired) electrons. The molecule has 136 valence electrons. The van der Waals surface area contributed by atoms with Crippen LogP contribution in [0, 0.1) is 0 Å². The van der Waals surface area contributed by atoms with Crippen LogP contribution in [0.4, 0.5) is 5.69 Å². The second kappa shape index (κ2) is 8.45. The average molecular weight is 345 g/mol. The van der Waals surface area contributed by atoms with Crippen molar-refractivity contribution < 1.29 is 14.3 Å². The predicted octanol–water partition coefficient (Wildman–Crippen LogP) is 1.34. The standard InChI is InChI=1S/C19H27N3O3/c1-25-11-10-22-9-3-6-17(13-22)21-19(24)18(23)20-16-8-7-14-4-2-5-15(14)12-16/h7-8,12,17H,2-6,9-11,13H2,1H3,(H,20,23)(H,21,24)/t17-/m1/s1. The van der Waals surface area contributed by atoms with E-state index < -0.39 is 11.8 Å². The van der Waals surface area contributed by atoms with E-state index in [9.17, 15) is 9.59 Å². The second-order valence-corrected chi connectivity index (χ2v) is 6.90. The van der Waals surface area contributed by atoms with E-state index in [1.54, 1.807) is 7.11 Å². The molecule has 2 amide bonds. The lowest BCUT2D eigenvalue weighted by Gasteiger charge is -2.32. The number of piperidine rings is 1. The highest BCUT2D eigenvalue weighted by atomic mass is 16.5. The maximum Gasteiger partial charge on any atom is 0.313 e. The van der Waals surface area contributed by atoms with Gasteiger partial charge in [-0.25, -0.2) is 0 Å². The van der Waals surface area contributed by atoms with Gasteiger partial charge in [0.05, 0.1) is 6.61 Å². The molecule has 0 unspecified atom stereocenters. The zero-order valence-electron chi connectivity index (χ0n) is 14.8. The van der Waals surface area contributed by atoms with Gasteiger partial charge in [-0.05, 0) is 61.9 Å². The van der Waals surface area contributed by atoms with Crippen LogP contribution < -0.4 is 10.6 Å². The van der Waals surface area contributed by atoms with Crippen molar-refractivity contribution in [3.05, 3.63) is 29.3 Å². The number of anilines is 1. The van der Waals surface area contributed by atoms with Gasteiger partial charge in [0.15, 0.2) is 0 Å². The number of carbonyl (C=O) groups is 2. The number of likely N-dealkylation sites (tertiary alicyclic amines) is 1. The quantitative estimate of drug-likeness (QED) is 0.790. The molecule has 1 atom stereocenters. The summed E-state index contributed by atoms with van der Waals surface area (Å²) in [5, 5.41) is 5.59. The molecule has 1 heterocycles. The maximum atomic E-state index is 12.2. The van der Waals surface area contributed by atoms with Crippen LogP contribution in [0.1, 0.15) is 30.4 Å². The van der Waals surface area contributed by atoms with Gasteiger partial charge in [-0.1, -0.05) is 6.07 Å². The first-order valence-corrected chi connectivity index (χ1v) is 9.10. The number of hydrogen-bond acceptors (Lipinski definition) is 4. The van der Waals surface area contributed by atoms with Crippen molar-refractivity contribution in [2.24, 2.45) is 0 Å². The molecule has 2 aliphatic rings. The minimum atomic E-state index is -0.591. The van der Waals surface area contributed by atoms with Gasteiger partial charge in [0.25, 0.3) is 0 Å². The van der Waals surface area contributed by atoms with Crippen molar-refractivity contribution in [1.29, 1.82) is 0 Å². The third-order valence-corrected chi connectivity index (χ3v) is 5.01. The molecule has 25 heavy (non-hydrogen) atoms. The first-order chi connectivity index (χ1) is 12.2. The van der Waals surface area contributed by atoms with Crippen molar-refractivity contribution in [2.75, 3.05) is 38.7 Å². The summed E-state index contributed by atoms with van der Waals surface area (Å²) in [4.78, 5) is 26.6. The highest BCUT2D eigenvalue weighted by molar-refractivity contribution is 6.39. The Labute approximate surface area is 148 Å². The topological polar surface area (TPSA) is 70.7 Å². The first-order valence-electron chi connectivity index (χ1n) is 9.10. The number of ether oxygens (including phenoxy) is 1. The van der Waals surface area contributed by atoms with Crippen molar-refractivity contribution in [2.45, 2.75) is 38.1 Å². The first kappa shape index (κ1) is 17.9. The Bertz CT molecular complexity index is 632. The predicted molar refractivity (Wildman–Crippen MR) is 96.6 cm³/mol. The molecule has 0 saturated carbocycles. The van der Waals surface area contributed by atoms with E-state index in [2.05, 4.69) is 15.5 Å². The van der Waals surface area contributed by atoms with Crippen LogP contribution in [0.2, 0.25) is 0 Å². The SMILES string of the molecule is COCCN1CCC[C@@H](NC(=O)C(=O)Nc2ccc3c(c2)CCC3)C1. The normalized spacial score (nSPS) is 20.1. The average Bonchev–Trinajstić information content (AvgIpc) is 3.08. The number of carbonyl (C=O) groups excluding carboxylic acids is 2. The van der Waals surface area contributed by atoms with Gasteiger partial charge in [-0.3, -0.25) is 14.5 Å². The van der Waals surface area contributed by atoms with Crippen LogP contribution in [0.3, 0.4) is 0 Å². The molecule has 1 aromatic rings. The van der Waals surface area contributed by atoms with Crippen molar-refractivity contribution in [3.63, 3.8) is 0 Å². The van der Waals surface area contributed by atoms with Crippen molar-refractivity contribution in [3.8, 4) is 0 Å². The Hall–Kier alpha value is -1.92. The Morgan fingerprint density at radius 3 is 2.88 bits per heavy atom. The van der Waals surface area contributed by atoms with Crippen molar-refractivity contribution in [1.82, 2.24) is 10.2 Å². The zero-order chi connectivity index (χ0) is 17.6. The number of methoxy groups -OCH3 is 1. The minimum Gasteiger partial charge on any atom is -0.383 e. The Morgan fingerprint density at radius 2 is 2.04 bits per heavy atom. The number of amides is 2. The number of nitrogens with zero attached hydrogens (tertiary/aromatic N) is 1. The fourth-order valence-corrected chi connectivity index (χ4v) is 3.69. The lowest BCUT2D eigenvalue weighted by Crippen LogP contribution is -2.50. The van der Waals surface area contributed by atoms with Gasteiger partial charge >= 0.3 is 11.8 Å². The Balaban J connectivity index is 1.49.